The molecule has 0 fully saturated rings. The molecule has 1 amide bonds. The highest BCUT2D eigenvalue weighted by Crippen LogP contribution is 2.26. The lowest BCUT2D eigenvalue weighted by Crippen LogP contribution is -2.21. The average Bonchev–Trinajstić information content (AvgIpc) is 3.38. The van der Waals surface area contributed by atoms with E-state index in [0.29, 0.717) is 28.6 Å². The van der Waals surface area contributed by atoms with Gasteiger partial charge >= 0.3 is 11.9 Å². The summed E-state index contributed by atoms with van der Waals surface area (Å²) < 4.78 is 15.5. The first-order chi connectivity index (χ1) is 16.9. The average molecular weight is 471 g/mol. The first-order valence-electron chi connectivity index (χ1n) is 10.6. The Hall–Kier alpha value is -4.79. The summed E-state index contributed by atoms with van der Waals surface area (Å²) in [7, 11) is 1.29. The summed E-state index contributed by atoms with van der Waals surface area (Å²) in [5.74, 6) is -0.920. The smallest absolute Gasteiger partial charge is 0.338 e. The predicted molar refractivity (Wildman–Crippen MR) is 127 cm³/mol. The van der Waals surface area contributed by atoms with Crippen LogP contribution >= 0.6 is 0 Å². The van der Waals surface area contributed by atoms with Gasteiger partial charge in [0.2, 0.25) is 11.8 Å². The summed E-state index contributed by atoms with van der Waals surface area (Å²) in [4.78, 5) is 35.9. The zero-order chi connectivity index (χ0) is 24.8. The van der Waals surface area contributed by atoms with E-state index in [1.807, 2.05) is 31.2 Å². The molecule has 4 aromatic rings. The molecular formula is C26H21N3O6. The number of ether oxygens (including phenoxy) is 2. The van der Waals surface area contributed by atoms with E-state index in [-0.39, 0.29) is 5.56 Å². The van der Waals surface area contributed by atoms with E-state index >= 15 is 0 Å². The van der Waals surface area contributed by atoms with Gasteiger partial charge < -0.3 is 19.2 Å². The number of amides is 1. The number of benzene rings is 3. The predicted octanol–water partition coefficient (Wildman–Crippen LogP) is 4.29. The molecule has 9 heteroatoms. The van der Waals surface area contributed by atoms with Crippen molar-refractivity contribution in [3.8, 4) is 22.9 Å². The van der Waals surface area contributed by atoms with E-state index in [4.69, 9.17) is 9.15 Å². The molecule has 0 aliphatic heterocycles. The lowest BCUT2D eigenvalue weighted by atomic mass is 10.1. The van der Waals surface area contributed by atoms with Crippen LogP contribution in [0.2, 0.25) is 0 Å². The number of anilines is 1. The van der Waals surface area contributed by atoms with Crippen LogP contribution in [0.25, 0.3) is 22.9 Å². The molecule has 0 saturated carbocycles. The molecule has 9 nitrogen and oxygen atoms in total. The van der Waals surface area contributed by atoms with E-state index in [1.54, 1.807) is 36.4 Å². The standard InChI is InChI=1S/C26H21N3O6/c1-16-5-3-4-6-21(16)24-29-28-23(35-24)17-7-9-19(10-8-17)26(32)34-15-22(30)27-20-13-11-18(12-14-20)25(31)33-2/h3-14H,15H2,1-2H3,(H,27,30). The largest absolute Gasteiger partial charge is 0.465 e. The number of nitrogens with zero attached hydrogens (tertiary/aromatic N) is 2. The Morgan fingerprint density at radius 2 is 1.46 bits per heavy atom. The van der Waals surface area contributed by atoms with Crippen molar-refractivity contribution < 1.29 is 28.3 Å². The molecular weight excluding hydrogens is 450 g/mol. The highest BCUT2D eigenvalue weighted by molar-refractivity contribution is 5.96. The van der Waals surface area contributed by atoms with Crippen molar-refractivity contribution in [3.63, 3.8) is 0 Å². The minimum absolute atomic E-state index is 0.266. The Morgan fingerprint density at radius 1 is 0.829 bits per heavy atom. The fourth-order valence-electron chi connectivity index (χ4n) is 3.23. The van der Waals surface area contributed by atoms with Crippen molar-refractivity contribution in [1.29, 1.82) is 0 Å². The molecule has 0 saturated heterocycles. The van der Waals surface area contributed by atoms with Crippen LogP contribution in [0.15, 0.2) is 77.2 Å². The Morgan fingerprint density at radius 3 is 2.14 bits per heavy atom. The zero-order valence-corrected chi connectivity index (χ0v) is 19.0. The van der Waals surface area contributed by atoms with Gasteiger partial charge in [-0.3, -0.25) is 4.79 Å². The van der Waals surface area contributed by atoms with E-state index < -0.39 is 24.5 Å². The molecule has 0 radical (unpaired) electrons. The van der Waals surface area contributed by atoms with Gasteiger partial charge in [-0.1, -0.05) is 18.2 Å². The van der Waals surface area contributed by atoms with E-state index in [0.717, 1.165) is 11.1 Å². The molecule has 0 spiro atoms. The number of aryl methyl sites for hydroxylation is 1. The van der Waals surface area contributed by atoms with E-state index in [2.05, 4.69) is 20.3 Å². The minimum Gasteiger partial charge on any atom is -0.465 e. The first kappa shape index (κ1) is 23.4. The fraction of sp³-hybridized carbons (Fsp3) is 0.115. The SMILES string of the molecule is COC(=O)c1ccc(NC(=O)COC(=O)c2ccc(-c3nnc(-c4ccccc4C)o3)cc2)cc1. The quantitative estimate of drug-likeness (QED) is 0.396. The van der Waals surface area contributed by atoms with Crippen molar-refractivity contribution in [2.75, 3.05) is 19.0 Å². The second-order valence-electron chi connectivity index (χ2n) is 7.50. The third-order valence-corrected chi connectivity index (χ3v) is 5.09. The fourth-order valence-corrected chi connectivity index (χ4v) is 3.23. The molecule has 0 aliphatic carbocycles. The molecule has 4 rings (SSSR count). The molecule has 176 valence electrons. The molecule has 35 heavy (non-hydrogen) atoms. The van der Waals surface area contributed by atoms with Crippen LogP contribution in [0.1, 0.15) is 26.3 Å². The van der Waals surface area contributed by atoms with Crippen LogP contribution in [0, 0.1) is 6.92 Å². The lowest BCUT2D eigenvalue weighted by Gasteiger charge is -2.07. The number of esters is 2. The zero-order valence-electron chi connectivity index (χ0n) is 19.0. The molecule has 0 unspecified atom stereocenters. The number of carbonyl (C=O) groups excluding carboxylic acids is 3. The number of rotatable bonds is 7. The number of aromatic nitrogens is 2. The maximum Gasteiger partial charge on any atom is 0.338 e. The molecule has 1 heterocycles. The van der Waals surface area contributed by atoms with Crippen molar-refractivity contribution in [3.05, 3.63) is 89.5 Å². The summed E-state index contributed by atoms with van der Waals surface area (Å²) in [5, 5.41) is 10.8. The summed E-state index contributed by atoms with van der Waals surface area (Å²) >= 11 is 0. The van der Waals surface area contributed by atoms with Gasteiger partial charge in [0.25, 0.3) is 5.91 Å². The summed E-state index contributed by atoms with van der Waals surface area (Å²) in [6.07, 6.45) is 0. The Bertz CT molecular complexity index is 1360. The number of hydrogen-bond donors (Lipinski definition) is 1. The monoisotopic (exact) mass is 471 g/mol. The molecule has 1 N–H and O–H groups in total. The highest BCUT2D eigenvalue weighted by Gasteiger charge is 2.15. The second-order valence-corrected chi connectivity index (χ2v) is 7.50. The van der Waals surface area contributed by atoms with Crippen LogP contribution in [0.4, 0.5) is 5.69 Å². The van der Waals surface area contributed by atoms with Crippen molar-refractivity contribution >= 4 is 23.5 Å². The Balaban J connectivity index is 1.32. The maximum absolute atomic E-state index is 12.3. The van der Waals surface area contributed by atoms with Crippen LogP contribution in [-0.4, -0.2) is 41.8 Å². The van der Waals surface area contributed by atoms with Crippen LogP contribution in [0.3, 0.4) is 0 Å². The molecule has 0 atom stereocenters. The third-order valence-electron chi connectivity index (χ3n) is 5.09. The first-order valence-corrected chi connectivity index (χ1v) is 10.6. The number of methoxy groups -OCH3 is 1. The summed E-state index contributed by atoms with van der Waals surface area (Å²) in [6.45, 7) is 1.49. The van der Waals surface area contributed by atoms with Gasteiger partial charge in [0, 0.05) is 16.8 Å². The highest BCUT2D eigenvalue weighted by atomic mass is 16.5. The van der Waals surface area contributed by atoms with Gasteiger partial charge in [-0.15, -0.1) is 10.2 Å². The van der Waals surface area contributed by atoms with Crippen molar-refractivity contribution in [2.45, 2.75) is 6.92 Å². The normalized spacial score (nSPS) is 10.5. The van der Waals surface area contributed by atoms with Crippen LogP contribution in [-0.2, 0) is 14.3 Å². The third kappa shape index (κ3) is 5.59. The lowest BCUT2D eigenvalue weighted by molar-refractivity contribution is -0.119. The Labute approximate surface area is 200 Å². The van der Waals surface area contributed by atoms with Crippen LogP contribution < -0.4 is 5.32 Å². The van der Waals surface area contributed by atoms with Gasteiger partial charge in [0.05, 0.1) is 18.2 Å². The molecule has 3 aromatic carbocycles. The minimum atomic E-state index is -0.654. The van der Waals surface area contributed by atoms with Crippen LogP contribution in [0.5, 0.6) is 0 Å². The topological polar surface area (TPSA) is 121 Å². The van der Waals surface area contributed by atoms with Gasteiger partial charge in [0.15, 0.2) is 6.61 Å². The molecule has 0 aliphatic rings. The van der Waals surface area contributed by atoms with Gasteiger partial charge in [-0.25, -0.2) is 9.59 Å². The van der Waals surface area contributed by atoms with Crippen molar-refractivity contribution in [1.82, 2.24) is 10.2 Å². The summed E-state index contributed by atoms with van der Waals surface area (Å²) in [5.41, 5.74) is 3.58. The number of carbonyl (C=O) groups is 3. The summed E-state index contributed by atoms with van der Waals surface area (Å²) in [6, 6.07) is 20.2. The maximum atomic E-state index is 12.3. The Kier molecular flexibility index (Phi) is 6.96. The van der Waals surface area contributed by atoms with Crippen molar-refractivity contribution in [2.24, 2.45) is 0 Å². The second kappa shape index (κ2) is 10.4. The van der Waals surface area contributed by atoms with Gasteiger partial charge in [-0.05, 0) is 67.1 Å². The van der Waals surface area contributed by atoms with E-state index in [9.17, 15) is 14.4 Å². The number of nitrogens with one attached hydrogen (secondary N) is 1. The molecule has 1 aromatic heterocycles. The number of hydrogen-bond acceptors (Lipinski definition) is 8. The molecule has 0 bridgehead atoms. The van der Waals surface area contributed by atoms with E-state index in [1.165, 1.54) is 19.2 Å². The van der Waals surface area contributed by atoms with Gasteiger partial charge in [-0.2, -0.15) is 0 Å². The van der Waals surface area contributed by atoms with Gasteiger partial charge in [0.1, 0.15) is 0 Å².